The van der Waals surface area contributed by atoms with Crippen LogP contribution in [0.25, 0.3) is 11.1 Å². The Morgan fingerprint density at radius 2 is 1.63 bits per heavy atom. The van der Waals surface area contributed by atoms with Crippen LogP contribution in [0.2, 0.25) is 0 Å². The van der Waals surface area contributed by atoms with Crippen LogP contribution in [0.15, 0.2) is 71.6 Å². The average molecular weight is 493 g/mol. The maximum absolute atomic E-state index is 13.3. The van der Waals surface area contributed by atoms with Crippen molar-refractivity contribution in [1.82, 2.24) is 4.31 Å². The van der Waals surface area contributed by atoms with Gasteiger partial charge in [0.1, 0.15) is 5.75 Å². The molecular weight excluding hydrogens is 460 g/mol. The Morgan fingerprint density at radius 3 is 2.29 bits per heavy atom. The van der Waals surface area contributed by atoms with Gasteiger partial charge in [-0.05, 0) is 60.1 Å². The van der Waals surface area contributed by atoms with Crippen molar-refractivity contribution >= 4 is 10.0 Å². The molecule has 3 aromatic rings. The lowest BCUT2D eigenvalue weighted by Gasteiger charge is -2.40. The van der Waals surface area contributed by atoms with Crippen LogP contribution in [0.3, 0.4) is 0 Å². The number of sulfonamides is 1. The lowest BCUT2D eigenvalue weighted by molar-refractivity contribution is -0.0612. The van der Waals surface area contributed by atoms with Crippen molar-refractivity contribution in [1.29, 1.82) is 0 Å². The minimum atomic E-state index is -3.56. The number of rotatable bonds is 5. The molecule has 184 valence electrons. The number of nitrogens with zero attached hydrogens (tertiary/aromatic N) is 1. The number of piperidine rings is 1. The van der Waals surface area contributed by atoms with Gasteiger partial charge in [-0.2, -0.15) is 4.31 Å². The first-order valence-corrected chi connectivity index (χ1v) is 13.6. The number of aryl methyl sites for hydroxylation is 1. The van der Waals surface area contributed by atoms with E-state index in [4.69, 9.17) is 10.5 Å². The van der Waals surface area contributed by atoms with E-state index in [1.807, 2.05) is 61.5 Å². The molecule has 3 N–H and O–H groups in total. The van der Waals surface area contributed by atoms with Crippen molar-refractivity contribution in [2.45, 2.75) is 43.3 Å². The first kappa shape index (κ1) is 24.0. The van der Waals surface area contributed by atoms with E-state index in [2.05, 4.69) is 0 Å². The second kappa shape index (κ2) is 9.74. The lowest BCUT2D eigenvalue weighted by Crippen LogP contribution is -2.44. The monoisotopic (exact) mass is 492 g/mol. The van der Waals surface area contributed by atoms with E-state index < -0.39 is 10.0 Å². The second-order valence-electron chi connectivity index (χ2n) is 9.53. The Kier molecular flexibility index (Phi) is 6.68. The van der Waals surface area contributed by atoms with E-state index in [1.165, 1.54) is 0 Å². The van der Waals surface area contributed by atoms with Gasteiger partial charge in [-0.3, -0.25) is 0 Å². The Hall–Kier alpha value is -2.71. The van der Waals surface area contributed by atoms with E-state index >= 15 is 0 Å². The van der Waals surface area contributed by atoms with E-state index in [-0.39, 0.29) is 18.1 Å². The highest BCUT2D eigenvalue weighted by molar-refractivity contribution is 7.89. The van der Waals surface area contributed by atoms with Gasteiger partial charge < -0.3 is 15.6 Å². The average Bonchev–Trinajstić information content (AvgIpc) is 2.91. The molecule has 0 unspecified atom stereocenters. The van der Waals surface area contributed by atoms with Gasteiger partial charge in [-0.15, -0.1) is 0 Å². The number of benzene rings is 3. The first-order valence-electron chi connectivity index (χ1n) is 12.2. The van der Waals surface area contributed by atoms with Crippen LogP contribution in [0, 0.1) is 12.8 Å². The highest BCUT2D eigenvalue weighted by Crippen LogP contribution is 2.40. The third-order valence-electron chi connectivity index (χ3n) is 7.45. The summed E-state index contributed by atoms with van der Waals surface area (Å²) in [7, 11) is -3.56. The van der Waals surface area contributed by atoms with Gasteiger partial charge in [0.15, 0.2) is 0 Å². The third kappa shape index (κ3) is 4.61. The molecule has 0 radical (unpaired) electrons. The third-order valence-corrected chi connectivity index (χ3v) is 9.36. The van der Waals surface area contributed by atoms with Gasteiger partial charge in [0.05, 0.1) is 17.1 Å². The molecule has 0 saturated carbocycles. The largest absolute Gasteiger partial charge is 0.507 e. The summed E-state index contributed by atoms with van der Waals surface area (Å²) in [6, 6.07) is 20.9. The lowest BCUT2D eigenvalue weighted by atomic mass is 9.83. The maximum Gasteiger partial charge on any atom is 0.243 e. The van der Waals surface area contributed by atoms with Crippen LogP contribution < -0.4 is 5.73 Å². The van der Waals surface area contributed by atoms with Crippen molar-refractivity contribution in [2.75, 3.05) is 19.6 Å². The molecule has 6 nitrogen and oxygen atoms in total. The summed E-state index contributed by atoms with van der Waals surface area (Å²) in [6.07, 6.45) is 1.72. The molecule has 3 aromatic carbocycles. The molecule has 0 aliphatic carbocycles. The first-order chi connectivity index (χ1) is 16.9. The number of ether oxygens (including phenoxy) is 1. The molecule has 0 aromatic heterocycles. The Labute approximate surface area is 207 Å². The fourth-order valence-electron chi connectivity index (χ4n) is 5.37. The minimum Gasteiger partial charge on any atom is -0.507 e. The van der Waals surface area contributed by atoms with Gasteiger partial charge in [-0.25, -0.2) is 8.42 Å². The van der Waals surface area contributed by atoms with Crippen LogP contribution in [0.4, 0.5) is 0 Å². The molecule has 0 amide bonds. The molecule has 2 heterocycles. The normalized spacial score (nSPS) is 21.5. The summed E-state index contributed by atoms with van der Waals surface area (Å²) in [5.41, 5.74) is 10.8. The predicted octanol–water partition coefficient (Wildman–Crippen LogP) is 4.41. The van der Waals surface area contributed by atoms with Gasteiger partial charge in [0, 0.05) is 31.6 Å². The number of aromatic hydroxyl groups is 1. The summed E-state index contributed by atoms with van der Waals surface area (Å²) < 4.78 is 34.6. The second-order valence-corrected chi connectivity index (χ2v) is 11.5. The SMILES string of the molecule is Cc1ccc2c(c1O)C[C@@H](C1CCN(S(=O)(=O)c3ccc(-c4ccccc4)cc3)CC1)O[C@H]2CN. The summed E-state index contributed by atoms with van der Waals surface area (Å²) in [5.74, 6) is 0.539. The van der Waals surface area contributed by atoms with Gasteiger partial charge in [-0.1, -0.05) is 54.6 Å². The molecule has 35 heavy (non-hydrogen) atoms. The van der Waals surface area contributed by atoms with Crippen molar-refractivity contribution in [3.05, 3.63) is 83.4 Å². The Balaban J connectivity index is 1.27. The molecule has 1 fully saturated rings. The number of hydrogen-bond acceptors (Lipinski definition) is 5. The number of hydrogen-bond donors (Lipinski definition) is 2. The highest BCUT2D eigenvalue weighted by atomic mass is 32.2. The molecule has 2 aliphatic heterocycles. The Morgan fingerprint density at radius 1 is 0.971 bits per heavy atom. The van der Waals surface area contributed by atoms with E-state index in [1.54, 1.807) is 16.4 Å². The minimum absolute atomic E-state index is 0.0845. The number of nitrogens with two attached hydrogens (primary N) is 1. The quantitative estimate of drug-likeness (QED) is 0.550. The fourth-order valence-corrected chi connectivity index (χ4v) is 6.84. The van der Waals surface area contributed by atoms with Crippen molar-refractivity contribution in [3.63, 3.8) is 0 Å². The molecule has 5 rings (SSSR count). The predicted molar refractivity (Wildman–Crippen MR) is 137 cm³/mol. The molecule has 7 heteroatoms. The van der Waals surface area contributed by atoms with Crippen LogP contribution in [0.1, 0.15) is 35.6 Å². The molecule has 2 aliphatic rings. The Bertz CT molecular complexity index is 1280. The van der Waals surface area contributed by atoms with E-state index in [0.29, 0.717) is 49.5 Å². The zero-order chi connectivity index (χ0) is 24.6. The molecule has 1 saturated heterocycles. The van der Waals surface area contributed by atoms with Crippen molar-refractivity contribution < 1.29 is 18.3 Å². The summed E-state index contributed by atoms with van der Waals surface area (Å²) in [6.45, 7) is 3.14. The van der Waals surface area contributed by atoms with Crippen LogP contribution in [0.5, 0.6) is 5.75 Å². The topological polar surface area (TPSA) is 92.9 Å². The number of phenols is 1. The molecule has 2 atom stereocenters. The van der Waals surface area contributed by atoms with Crippen molar-refractivity contribution in [3.8, 4) is 16.9 Å². The molecule has 0 spiro atoms. The highest BCUT2D eigenvalue weighted by Gasteiger charge is 2.37. The maximum atomic E-state index is 13.3. The smallest absolute Gasteiger partial charge is 0.243 e. The zero-order valence-corrected chi connectivity index (χ0v) is 20.7. The van der Waals surface area contributed by atoms with Gasteiger partial charge >= 0.3 is 0 Å². The summed E-state index contributed by atoms with van der Waals surface area (Å²) >= 11 is 0. The standard InChI is InChI=1S/C28H32N2O4S/c1-19-7-12-24-25(28(19)31)17-26(34-27(24)18-29)22-13-15-30(16-14-22)35(32,33)23-10-8-21(9-11-23)20-5-3-2-4-6-20/h2-12,22,26-27,31H,13-18,29H2,1H3/t26-,27-/m0/s1. The number of fused-ring (bicyclic) bond motifs is 1. The zero-order valence-electron chi connectivity index (χ0n) is 19.9. The fraction of sp³-hybridized carbons (Fsp3) is 0.357. The van der Waals surface area contributed by atoms with Gasteiger partial charge in [0.25, 0.3) is 0 Å². The number of phenolic OH excluding ortho intramolecular Hbond substituents is 1. The molecular formula is C28H32N2O4S. The summed E-state index contributed by atoms with van der Waals surface area (Å²) in [5, 5.41) is 10.7. The van der Waals surface area contributed by atoms with Crippen LogP contribution in [-0.2, 0) is 21.2 Å². The van der Waals surface area contributed by atoms with Gasteiger partial charge in [0.2, 0.25) is 10.0 Å². The summed E-state index contributed by atoms with van der Waals surface area (Å²) in [4.78, 5) is 0.321. The van der Waals surface area contributed by atoms with E-state index in [9.17, 15) is 13.5 Å². The van der Waals surface area contributed by atoms with E-state index in [0.717, 1.165) is 27.8 Å². The van der Waals surface area contributed by atoms with Crippen molar-refractivity contribution in [2.24, 2.45) is 11.7 Å². The van der Waals surface area contributed by atoms with Crippen LogP contribution in [-0.4, -0.2) is 43.6 Å². The molecule has 0 bridgehead atoms. The van der Waals surface area contributed by atoms with Crippen LogP contribution >= 0.6 is 0 Å².